The van der Waals surface area contributed by atoms with Gasteiger partial charge in [-0.25, -0.2) is 9.59 Å². The highest BCUT2D eigenvalue weighted by molar-refractivity contribution is 6.31. The number of halogens is 1. The number of ether oxygens (including phenoxy) is 5. The van der Waals surface area contributed by atoms with Crippen molar-refractivity contribution in [2.75, 3.05) is 28.1 Å². The van der Waals surface area contributed by atoms with E-state index in [1.165, 1.54) is 39.5 Å². The van der Waals surface area contributed by atoms with Crippen LogP contribution in [0.15, 0.2) is 30.2 Å². The molecule has 0 aliphatic rings. The van der Waals surface area contributed by atoms with Gasteiger partial charge in [0.2, 0.25) is 5.76 Å². The minimum absolute atomic E-state index is 0.0236. The van der Waals surface area contributed by atoms with Crippen LogP contribution in [0.3, 0.4) is 0 Å². The van der Waals surface area contributed by atoms with Crippen LogP contribution in [-0.4, -0.2) is 40.1 Å². The fourth-order valence-corrected chi connectivity index (χ4v) is 1.55. The number of methoxy groups -OCH3 is 3. The highest BCUT2D eigenvalue weighted by Gasteiger charge is 2.20. The van der Waals surface area contributed by atoms with Gasteiger partial charge in [-0.2, -0.15) is 0 Å². The third kappa shape index (κ3) is 4.94. The van der Waals surface area contributed by atoms with Gasteiger partial charge >= 0.3 is 11.9 Å². The van der Waals surface area contributed by atoms with E-state index < -0.39 is 11.9 Å². The fraction of sp³-hybridized carbons (Fsp3) is 0.286. The molecule has 0 spiro atoms. The molecule has 0 bridgehead atoms. The molecule has 120 valence electrons. The Bertz CT molecular complexity index is 568. The molecule has 0 heterocycles. The molecule has 1 rings (SSSR count). The quantitative estimate of drug-likeness (QED) is 0.328. The summed E-state index contributed by atoms with van der Waals surface area (Å²) in [5, 5.41) is 0.298. The van der Waals surface area contributed by atoms with Gasteiger partial charge in [0.1, 0.15) is 17.6 Å². The zero-order valence-corrected chi connectivity index (χ0v) is 13.0. The summed E-state index contributed by atoms with van der Waals surface area (Å²) in [4.78, 5) is 23.5. The number of rotatable bonds is 7. The summed E-state index contributed by atoms with van der Waals surface area (Å²) in [6.45, 7) is -0.234. The van der Waals surface area contributed by atoms with Crippen molar-refractivity contribution in [1.29, 1.82) is 0 Å². The predicted molar refractivity (Wildman–Crippen MR) is 76.5 cm³/mol. The lowest BCUT2D eigenvalue weighted by Gasteiger charge is -2.12. The van der Waals surface area contributed by atoms with Gasteiger partial charge in [0, 0.05) is 12.1 Å². The van der Waals surface area contributed by atoms with E-state index in [2.05, 4.69) is 9.47 Å². The standard InChI is InChI=1S/C14H15ClO7/c1-18-7-12(14(17)20-3)22-11-5-4-9(15)6-10(11)13(16)21-8-19-2/h4-7H,8H2,1-3H3/b12-7+. The first-order chi connectivity index (χ1) is 10.5. The van der Waals surface area contributed by atoms with Crippen LogP contribution in [0.4, 0.5) is 0 Å². The molecular weight excluding hydrogens is 316 g/mol. The van der Waals surface area contributed by atoms with Gasteiger partial charge in [0.05, 0.1) is 14.2 Å². The largest absolute Gasteiger partial charge is 0.500 e. The van der Waals surface area contributed by atoms with E-state index in [1.807, 2.05) is 0 Å². The van der Waals surface area contributed by atoms with Gasteiger partial charge in [-0.15, -0.1) is 0 Å². The first-order valence-corrected chi connectivity index (χ1v) is 6.36. The van der Waals surface area contributed by atoms with E-state index in [4.69, 9.17) is 25.8 Å². The minimum Gasteiger partial charge on any atom is -0.500 e. The molecule has 0 aromatic heterocycles. The Morgan fingerprint density at radius 3 is 2.55 bits per heavy atom. The van der Waals surface area contributed by atoms with Crippen LogP contribution < -0.4 is 4.74 Å². The van der Waals surface area contributed by atoms with Crippen molar-refractivity contribution in [2.45, 2.75) is 0 Å². The van der Waals surface area contributed by atoms with Crippen LogP contribution in [0.5, 0.6) is 5.75 Å². The van der Waals surface area contributed by atoms with Crippen molar-refractivity contribution >= 4 is 23.5 Å². The minimum atomic E-state index is -0.770. The number of benzene rings is 1. The van der Waals surface area contributed by atoms with Gasteiger partial charge in [-0.05, 0) is 18.2 Å². The molecule has 0 atom stereocenters. The molecule has 0 aliphatic carbocycles. The zero-order valence-electron chi connectivity index (χ0n) is 12.3. The van der Waals surface area contributed by atoms with Gasteiger partial charge in [-0.3, -0.25) is 0 Å². The van der Waals surface area contributed by atoms with Gasteiger partial charge in [0.15, 0.2) is 6.79 Å². The second-order valence-corrected chi connectivity index (χ2v) is 4.23. The number of hydrogen-bond acceptors (Lipinski definition) is 7. The lowest BCUT2D eigenvalue weighted by molar-refractivity contribution is -0.138. The second kappa shape index (κ2) is 8.91. The SMILES string of the molecule is CO/C=C(/Oc1ccc(Cl)cc1C(=O)OCOC)C(=O)OC. The lowest BCUT2D eigenvalue weighted by atomic mass is 10.2. The molecule has 0 radical (unpaired) electrons. The highest BCUT2D eigenvalue weighted by atomic mass is 35.5. The Hall–Kier alpha value is -2.25. The van der Waals surface area contributed by atoms with Gasteiger partial charge in [-0.1, -0.05) is 11.6 Å². The number of hydrogen-bond donors (Lipinski definition) is 0. The van der Waals surface area contributed by atoms with Crippen molar-refractivity contribution in [3.8, 4) is 5.75 Å². The van der Waals surface area contributed by atoms with Crippen molar-refractivity contribution in [2.24, 2.45) is 0 Å². The molecule has 0 aliphatic heterocycles. The van der Waals surface area contributed by atoms with E-state index in [0.29, 0.717) is 5.02 Å². The molecule has 0 fully saturated rings. The van der Waals surface area contributed by atoms with Crippen molar-refractivity contribution in [1.82, 2.24) is 0 Å². The molecule has 7 nitrogen and oxygen atoms in total. The number of carbonyl (C=O) groups excluding carboxylic acids is 2. The molecule has 0 amide bonds. The molecule has 22 heavy (non-hydrogen) atoms. The maximum absolute atomic E-state index is 11.9. The maximum atomic E-state index is 11.9. The summed E-state index contributed by atoms with van der Waals surface area (Å²) in [6, 6.07) is 4.25. The lowest BCUT2D eigenvalue weighted by Crippen LogP contribution is -2.14. The Labute approximate surface area is 132 Å². The molecule has 0 saturated heterocycles. The van der Waals surface area contributed by atoms with Crippen LogP contribution in [0, 0.1) is 0 Å². The van der Waals surface area contributed by atoms with E-state index in [-0.39, 0.29) is 23.9 Å². The van der Waals surface area contributed by atoms with Crippen molar-refractivity contribution in [3.05, 3.63) is 40.8 Å². The fourth-order valence-electron chi connectivity index (χ4n) is 1.38. The third-order valence-electron chi connectivity index (χ3n) is 2.30. The smallest absolute Gasteiger partial charge is 0.377 e. The zero-order chi connectivity index (χ0) is 16.5. The summed E-state index contributed by atoms with van der Waals surface area (Å²) in [7, 11) is 3.89. The summed E-state index contributed by atoms with van der Waals surface area (Å²) >= 11 is 5.86. The summed E-state index contributed by atoms with van der Waals surface area (Å²) in [5.74, 6) is -1.68. The van der Waals surface area contributed by atoms with Gasteiger partial charge in [0.25, 0.3) is 0 Å². The van der Waals surface area contributed by atoms with Crippen LogP contribution in [0.25, 0.3) is 0 Å². The summed E-state index contributed by atoms with van der Waals surface area (Å²) < 4.78 is 24.1. The Balaban J connectivity index is 3.10. The molecule has 0 N–H and O–H groups in total. The Morgan fingerprint density at radius 1 is 1.23 bits per heavy atom. The average Bonchev–Trinajstić information content (AvgIpc) is 2.52. The van der Waals surface area contributed by atoms with Crippen LogP contribution in [0.2, 0.25) is 5.02 Å². The average molecular weight is 331 g/mol. The molecule has 1 aromatic carbocycles. The topological polar surface area (TPSA) is 80.3 Å². The normalized spacial score (nSPS) is 10.8. The molecular formula is C14H15ClO7. The highest BCUT2D eigenvalue weighted by Crippen LogP contribution is 2.25. The van der Waals surface area contributed by atoms with E-state index in [0.717, 1.165) is 6.26 Å². The van der Waals surface area contributed by atoms with E-state index >= 15 is 0 Å². The van der Waals surface area contributed by atoms with E-state index in [1.54, 1.807) is 0 Å². The summed E-state index contributed by atoms with van der Waals surface area (Å²) in [6.07, 6.45) is 1.05. The monoisotopic (exact) mass is 330 g/mol. The van der Waals surface area contributed by atoms with Crippen molar-refractivity contribution in [3.63, 3.8) is 0 Å². The Kier molecular flexibility index (Phi) is 7.21. The molecule has 1 aromatic rings. The molecule has 0 unspecified atom stereocenters. The van der Waals surface area contributed by atoms with E-state index in [9.17, 15) is 9.59 Å². The molecule has 8 heteroatoms. The maximum Gasteiger partial charge on any atom is 0.377 e. The third-order valence-corrected chi connectivity index (χ3v) is 2.54. The molecule has 0 saturated carbocycles. The van der Waals surface area contributed by atoms with Gasteiger partial charge < -0.3 is 23.7 Å². The predicted octanol–water partition coefficient (Wildman–Crippen LogP) is 2.14. The first kappa shape index (κ1) is 17.8. The number of carbonyl (C=O) groups is 2. The second-order valence-electron chi connectivity index (χ2n) is 3.79. The van der Waals surface area contributed by atoms with Crippen LogP contribution >= 0.6 is 11.6 Å². The first-order valence-electron chi connectivity index (χ1n) is 5.98. The Morgan fingerprint density at radius 2 is 1.95 bits per heavy atom. The van der Waals surface area contributed by atoms with Crippen molar-refractivity contribution < 1.29 is 33.3 Å². The van der Waals surface area contributed by atoms with Crippen LogP contribution in [0.1, 0.15) is 10.4 Å². The van der Waals surface area contributed by atoms with Crippen LogP contribution in [-0.2, 0) is 23.7 Å². The number of esters is 2. The summed E-state index contributed by atoms with van der Waals surface area (Å²) in [5.41, 5.74) is 0.0236.